The maximum Gasteiger partial charge on any atom is 0.226 e. The monoisotopic (exact) mass is 396 g/mol. The molecule has 3 rings (SSSR count). The standard InChI is InChI=1S/C26H40N2O/c1-6-7-17-26(5,24(29)27-25(2,3)4)21-15-18-28(19-16-21)23-14-10-12-20-11-8-9-13-22(20)23/h6,8-9,11,13,21,23H,1,7,10,12,14-19H2,2-5H3,(H,27,29). The van der Waals surface area contributed by atoms with Gasteiger partial charge in [0.25, 0.3) is 0 Å². The second kappa shape index (κ2) is 9.04. The summed E-state index contributed by atoms with van der Waals surface area (Å²) in [7, 11) is 0. The fourth-order valence-electron chi connectivity index (χ4n) is 5.34. The van der Waals surface area contributed by atoms with Gasteiger partial charge in [0.15, 0.2) is 0 Å². The predicted octanol–water partition coefficient (Wildman–Crippen LogP) is 5.66. The molecule has 0 aromatic heterocycles. The first-order valence-electron chi connectivity index (χ1n) is 11.5. The second-order valence-electron chi connectivity index (χ2n) is 10.4. The minimum absolute atomic E-state index is 0.195. The van der Waals surface area contributed by atoms with Crippen LogP contribution in [-0.4, -0.2) is 29.4 Å². The van der Waals surface area contributed by atoms with E-state index in [-0.39, 0.29) is 16.9 Å². The van der Waals surface area contributed by atoms with E-state index in [1.54, 1.807) is 0 Å². The maximum atomic E-state index is 13.3. The SMILES string of the molecule is C=CCCC(C)(C(=O)NC(C)(C)C)C1CCN(C2CCCc3ccccc32)CC1. The van der Waals surface area contributed by atoms with E-state index < -0.39 is 0 Å². The molecule has 160 valence electrons. The molecule has 0 bridgehead atoms. The Morgan fingerprint density at radius 1 is 1.17 bits per heavy atom. The number of nitrogens with one attached hydrogen (secondary N) is 1. The second-order valence-corrected chi connectivity index (χ2v) is 10.4. The first kappa shape index (κ1) is 22.1. The third-order valence-corrected chi connectivity index (χ3v) is 7.08. The quantitative estimate of drug-likeness (QED) is 0.629. The average molecular weight is 397 g/mol. The van der Waals surface area contributed by atoms with Crippen molar-refractivity contribution < 1.29 is 4.79 Å². The van der Waals surface area contributed by atoms with E-state index in [4.69, 9.17) is 0 Å². The van der Waals surface area contributed by atoms with Gasteiger partial charge in [-0.15, -0.1) is 6.58 Å². The Balaban J connectivity index is 1.70. The fourth-order valence-corrected chi connectivity index (χ4v) is 5.34. The average Bonchev–Trinajstić information content (AvgIpc) is 2.70. The third-order valence-electron chi connectivity index (χ3n) is 7.08. The number of carbonyl (C=O) groups is 1. The van der Waals surface area contributed by atoms with Gasteiger partial charge in [0.2, 0.25) is 5.91 Å². The third kappa shape index (κ3) is 5.12. The van der Waals surface area contributed by atoms with Crippen molar-refractivity contribution in [3.8, 4) is 0 Å². The van der Waals surface area contributed by atoms with Crippen LogP contribution in [0, 0.1) is 11.3 Å². The molecule has 1 saturated heterocycles. The summed E-state index contributed by atoms with van der Waals surface area (Å²) in [4.78, 5) is 16.0. The molecule has 2 atom stereocenters. The lowest BCUT2D eigenvalue weighted by Crippen LogP contribution is -2.53. The summed E-state index contributed by atoms with van der Waals surface area (Å²) in [6, 6.07) is 9.55. The number of hydrogen-bond donors (Lipinski definition) is 1. The molecule has 29 heavy (non-hydrogen) atoms. The van der Waals surface area contributed by atoms with Crippen LogP contribution in [0.4, 0.5) is 0 Å². The van der Waals surface area contributed by atoms with Crippen LogP contribution < -0.4 is 5.32 Å². The van der Waals surface area contributed by atoms with Crippen molar-refractivity contribution in [1.82, 2.24) is 10.2 Å². The Labute approximate surface area is 178 Å². The molecule has 1 aromatic rings. The van der Waals surface area contributed by atoms with E-state index in [1.165, 1.54) is 30.4 Å². The maximum absolute atomic E-state index is 13.3. The van der Waals surface area contributed by atoms with Gasteiger partial charge in [-0.3, -0.25) is 9.69 Å². The van der Waals surface area contributed by atoms with Crippen molar-refractivity contribution in [3.63, 3.8) is 0 Å². The van der Waals surface area contributed by atoms with Gasteiger partial charge >= 0.3 is 0 Å². The van der Waals surface area contributed by atoms with E-state index in [1.807, 2.05) is 6.08 Å². The zero-order valence-electron chi connectivity index (χ0n) is 19.0. The van der Waals surface area contributed by atoms with Crippen LogP contribution in [0.1, 0.15) is 83.4 Å². The lowest BCUT2D eigenvalue weighted by molar-refractivity contribution is -0.136. The molecule has 3 nitrogen and oxygen atoms in total. The van der Waals surface area contributed by atoms with E-state index in [0.717, 1.165) is 38.8 Å². The summed E-state index contributed by atoms with van der Waals surface area (Å²) >= 11 is 0. The van der Waals surface area contributed by atoms with Crippen molar-refractivity contribution >= 4 is 5.91 Å². The van der Waals surface area contributed by atoms with Crippen molar-refractivity contribution in [2.24, 2.45) is 11.3 Å². The van der Waals surface area contributed by atoms with Crippen molar-refractivity contribution in [1.29, 1.82) is 0 Å². The predicted molar refractivity (Wildman–Crippen MR) is 122 cm³/mol. The number of carbonyl (C=O) groups excluding carboxylic acids is 1. The number of fused-ring (bicyclic) bond motifs is 1. The van der Waals surface area contributed by atoms with Gasteiger partial charge in [0.05, 0.1) is 0 Å². The number of allylic oxidation sites excluding steroid dienone is 1. The van der Waals surface area contributed by atoms with E-state index >= 15 is 0 Å². The smallest absolute Gasteiger partial charge is 0.226 e. The molecular weight excluding hydrogens is 356 g/mol. The van der Waals surface area contributed by atoms with Crippen LogP contribution in [0.25, 0.3) is 0 Å². The number of nitrogens with zero attached hydrogens (tertiary/aromatic N) is 1. The Kier molecular flexibility index (Phi) is 6.88. The summed E-state index contributed by atoms with van der Waals surface area (Å²) in [5.74, 6) is 0.646. The Bertz CT molecular complexity index is 712. The van der Waals surface area contributed by atoms with Crippen LogP contribution in [0.2, 0.25) is 0 Å². The van der Waals surface area contributed by atoms with Crippen molar-refractivity contribution in [3.05, 3.63) is 48.0 Å². The molecule has 1 fully saturated rings. The normalized spacial score (nSPS) is 23.1. The molecule has 1 amide bonds. The number of benzene rings is 1. The highest BCUT2D eigenvalue weighted by molar-refractivity contribution is 5.83. The van der Waals surface area contributed by atoms with E-state index in [9.17, 15) is 4.79 Å². The highest BCUT2D eigenvalue weighted by Crippen LogP contribution is 2.43. The fraction of sp³-hybridized carbons (Fsp3) is 0.654. The molecule has 0 saturated carbocycles. The van der Waals surface area contributed by atoms with Crippen molar-refractivity contribution in [2.75, 3.05) is 13.1 Å². The highest BCUT2D eigenvalue weighted by atomic mass is 16.2. The molecule has 3 heteroatoms. The van der Waals surface area contributed by atoms with Gasteiger partial charge in [-0.05, 0) is 95.9 Å². The number of amides is 1. The molecule has 0 radical (unpaired) electrons. The minimum Gasteiger partial charge on any atom is -0.351 e. The van der Waals surface area contributed by atoms with E-state index in [0.29, 0.717) is 12.0 Å². The Hall–Kier alpha value is -1.61. The molecular formula is C26H40N2O. The summed E-state index contributed by atoms with van der Waals surface area (Å²) in [5, 5.41) is 3.27. The number of piperidine rings is 1. The molecule has 1 aliphatic heterocycles. The number of aryl methyl sites for hydroxylation is 1. The minimum atomic E-state index is -0.321. The number of rotatable bonds is 6. The zero-order chi connectivity index (χ0) is 21.1. The lowest BCUT2D eigenvalue weighted by atomic mass is 9.68. The molecule has 2 unspecified atom stereocenters. The van der Waals surface area contributed by atoms with Gasteiger partial charge in [-0.25, -0.2) is 0 Å². The molecule has 2 aliphatic rings. The summed E-state index contributed by atoms with van der Waals surface area (Å²) in [6.07, 6.45) is 9.70. The van der Waals surface area contributed by atoms with Gasteiger partial charge in [-0.2, -0.15) is 0 Å². The van der Waals surface area contributed by atoms with Gasteiger partial charge in [0.1, 0.15) is 0 Å². The molecule has 1 aromatic carbocycles. The Morgan fingerprint density at radius 3 is 2.52 bits per heavy atom. The summed E-state index contributed by atoms with van der Waals surface area (Å²) in [6.45, 7) is 14.5. The lowest BCUT2D eigenvalue weighted by Gasteiger charge is -2.45. The summed E-state index contributed by atoms with van der Waals surface area (Å²) in [5.41, 5.74) is 2.56. The number of hydrogen-bond acceptors (Lipinski definition) is 2. The van der Waals surface area contributed by atoms with Gasteiger partial charge < -0.3 is 5.32 Å². The first-order chi connectivity index (χ1) is 13.7. The molecule has 1 aliphatic carbocycles. The van der Waals surface area contributed by atoms with E-state index in [2.05, 4.69) is 68.8 Å². The topological polar surface area (TPSA) is 32.3 Å². The molecule has 0 spiro atoms. The highest BCUT2D eigenvalue weighted by Gasteiger charge is 2.43. The van der Waals surface area contributed by atoms with Crippen LogP contribution in [0.15, 0.2) is 36.9 Å². The first-order valence-corrected chi connectivity index (χ1v) is 11.5. The molecule has 1 N–H and O–H groups in total. The largest absolute Gasteiger partial charge is 0.351 e. The summed E-state index contributed by atoms with van der Waals surface area (Å²) < 4.78 is 0. The van der Waals surface area contributed by atoms with Crippen LogP contribution >= 0.6 is 0 Å². The van der Waals surface area contributed by atoms with Gasteiger partial charge in [-0.1, -0.05) is 37.3 Å². The van der Waals surface area contributed by atoms with Crippen LogP contribution in [0.3, 0.4) is 0 Å². The van der Waals surface area contributed by atoms with Crippen LogP contribution in [-0.2, 0) is 11.2 Å². The molecule has 1 heterocycles. The Morgan fingerprint density at radius 2 is 1.86 bits per heavy atom. The van der Waals surface area contributed by atoms with Crippen molar-refractivity contribution in [2.45, 2.75) is 84.2 Å². The van der Waals surface area contributed by atoms with Gasteiger partial charge in [0, 0.05) is 17.0 Å². The zero-order valence-corrected chi connectivity index (χ0v) is 19.0. The number of likely N-dealkylation sites (tertiary alicyclic amines) is 1. The van der Waals surface area contributed by atoms with Crippen LogP contribution in [0.5, 0.6) is 0 Å².